The summed E-state index contributed by atoms with van der Waals surface area (Å²) in [6.45, 7) is 3.48. The van der Waals surface area contributed by atoms with Gasteiger partial charge in [0.15, 0.2) is 6.19 Å². The maximum Gasteiger partial charge on any atom is 0.209 e. The van der Waals surface area contributed by atoms with Gasteiger partial charge in [0.25, 0.3) is 0 Å². The van der Waals surface area contributed by atoms with Crippen molar-refractivity contribution in [1.29, 1.82) is 10.5 Å². The molecule has 0 unspecified atom stereocenters. The zero-order chi connectivity index (χ0) is 21.2. The number of nitriles is 2. The minimum Gasteiger partial charge on any atom is -0.485 e. The number of ether oxygens (including phenoxy) is 1. The number of aliphatic hydroxyl groups is 1. The molecule has 7 nitrogen and oxygen atoms in total. The van der Waals surface area contributed by atoms with Gasteiger partial charge in [-0.1, -0.05) is 23.2 Å². The highest BCUT2D eigenvalue weighted by Crippen LogP contribution is 2.42. The molecule has 0 spiro atoms. The van der Waals surface area contributed by atoms with Crippen LogP contribution in [0, 0.1) is 22.8 Å². The van der Waals surface area contributed by atoms with Crippen LogP contribution in [0.2, 0.25) is 10.0 Å². The minimum absolute atomic E-state index is 0.0981. The summed E-state index contributed by atoms with van der Waals surface area (Å²) in [5.74, 6) is 0.611. The van der Waals surface area contributed by atoms with E-state index in [1.165, 1.54) is 0 Å². The van der Waals surface area contributed by atoms with Gasteiger partial charge in [-0.25, -0.2) is 4.99 Å². The van der Waals surface area contributed by atoms with E-state index in [-0.39, 0.29) is 5.96 Å². The molecular weight excluding hydrogens is 413 g/mol. The van der Waals surface area contributed by atoms with Crippen LogP contribution in [0.1, 0.15) is 31.0 Å². The summed E-state index contributed by atoms with van der Waals surface area (Å²) in [5, 5.41) is 35.4. The highest BCUT2D eigenvalue weighted by Gasteiger charge is 2.43. The lowest BCUT2D eigenvalue weighted by molar-refractivity contribution is -0.0567. The van der Waals surface area contributed by atoms with Gasteiger partial charge in [-0.2, -0.15) is 10.5 Å². The Labute approximate surface area is 178 Å². The van der Waals surface area contributed by atoms with E-state index in [0.29, 0.717) is 32.6 Å². The first-order valence-corrected chi connectivity index (χ1v) is 9.37. The van der Waals surface area contributed by atoms with Gasteiger partial charge < -0.3 is 15.2 Å². The van der Waals surface area contributed by atoms with E-state index >= 15 is 0 Å². The summed E-state index contributed by atoms with van der Waals surface area (Å²) >= 11 is 12.0. The molecule has 0 fully saturated rings. The number of nitrogens with one attached hydrogen (secondary N) is 2. The van der Waals surface area contributed by atoms with Gasteiger partial charge in [0, 0.05) is 11.3 Å². The molecule has 0 saturated carbocycles. The van der Waals surface area contributed by atoms with E-state index in [9.17, 15) is 10.4 Å². The molecule has 148 valence electrons. The summed E-state index contributed by atoms with van der Waals surface area (Å²) in [7, 11) is 0. The van der Waals surface area contributed by atoms with Gasteiger partial charge in [-0.3, -0.25) is 5.32 Å². The van der Waals surface area contributed by atoms with Crippen molar-refractivity contribution in [3.63, 3.8) is 0 Å². The average molecular weight is 430 g/mol. The molecule has 1 heterocycles. The highest BCUT2D eigenvalue weighted by atomic mass is 35.5. The van der Waals surface area contributed by atoms with Crippen molar-refractivity contribution < 1.29 is 9.84 Å². The predicted octanol–water partition coefficient (Wildman–Crippen LogP) is 3.98. The number of guanidine groups is 1. The lowest BCUT2D eigenvalue weighted by Crippen LogP contribution is -2.49. The Morgan fingerprint density at radius 1 is 1.17 bits per heavy atom. The van der Waals surface area contributed by atoms with E-state index in [2.05, 4.69) is 21.7 Å². The SMILES string of the molecule is CC1(C)Oc2ccc(C#N)cc2[C@H](N=C(NC#N)Nc2ccc(Cl)c(Cl)c2)[C@H]1O. The van der Waals surface area contributed by atoms with Crippen molar-refractivity contribution in [3.8, 4) is 18.0 Å². The number of aliphatic hydroxyl groups excluding tert-OH is 1. The first-order valence-electron chi connectivity index (χ1n) is 8.61. The molecule has 3 rings (SSSR count). The monoisotopic (exact) mass is 429 g/mol. The molecule has 2 aromatic rings. The average Bonchev–Trinajstić information content (AvgIpc) is 2.68. The van der Waals surface area contributed by atoms with E-state index in [1.54, 1.807) is 50.2 Å². The third-order valence-electron chi connectivity index (χ3n) is 4.47. The Morgan fingerprint density at radius 3 is 2.59 bits per heavy atom. The van der Waals surface area contributed by atoms with Gasteiger partial charge in [-0.15, -0.1) is 0 Å². The fraction of sp³-hybridized carbons (Fsp3) is 0.250. The Bertz CT molecular complexity index is 1060. The first-order chi connectivity index (χ1) is 13.7. The summed E-state index contributed by atoms with van der Waals surface area (Å²) in [4.78, 5) is 4.52. The van der Waals surface area contributed by atoms with Gasteiger partial charge in [0.05, 0.1) is 21.7 Å². The fourth-order valence-corrected chi connectivity index (χ4v) is 3.27. The molecule has 29 heavy (non-hydrogen) atoms. The molecule has 2 aromatic carbocycles. The lowest BCUT2D eigenvalue weighted by Gasteiger charge is -2.40. The van der Waals surface area contributed by atoms with Crippen LogP contribution in [0.25, 0.3) is 0 Å². The topological polar surface area (TPSA) is 113 Å². The molecule has 1 aliphatic heterocycles. The smallest absolute Gasteiger partial charge is 0.209 e. The third-order valence-corrected chi connectivity index (χ3v) is 5.21. The number of nitrogens with zero attached hydrogens (tertiary/aromatic N) is 3. The fourth-order valence-electron chi connectivity index (χ4n) is 2.97. The largest absolute Gasteiger partial charge is 0.485 e. The van der Waals surface area contributed by atoms with Crippen molar-refractivity contribution in [2.75, 3.05) is 5.32 Å². The predicted molar refractivity (Wildman–Crippen MR) is 111 cm³/mol. The number of aliphatic imine (C=N–C) groups is 1. The summed E-state index contributed by atoms with van der Waals surface area (Å²) in [5.41, 5.74) is 0.569. The molecule has 0 amide bonds. The normalized spacial score (nSPS) is 19.9. The first kappa shape index (κ1) is 20.8. The van der Waals surface area contributed by atoms with Gasteiger partial charge in [0.2, 0.25) is 5.96 Å². The van der Waals surface area contributed by atoms with Crippen LogP contribution in [0.15, 0.2) is 41.4 Å². The molecule has 0 bridgehead atoms. The second-order valence-corrected chi connectivity index (χ2v) is 7.74. The summed E-state index contributed by atoms with van der Waals surface area (Å²) in [6.07, 6.45) is 0.786. The van der Waals surface area contributed by atoms with Crippen LogP contribution >= 0.6 is 23.2 Å². The lowest BCUT2D eigenvalue weighted by atomic mass is 9.86. The molecule has 0 radical (unpaired) electrons. The zero-order valence-electron chi connectivity index (χ0n) is 15.6. The molecule has 2 atom stereocenters. The van der Waals surface area contributed by atoms with Crippen LogP contribution in [-0.4, -0.2) is 22.8 Å². The Balaban J connectivity index is 2.05. The van der Waals surface area contributed by atoms with E-state index in [4.69, 9.17) is 33.2 Å². The highest BCUT2D eigenvalue weighted by molar-refractivity contribution is 6.42. The van der Waals surface area contributed by atoms with Gasteiger partial charge >= 0.3 is 0 Å². The Hall–Kier alpha value is -2.97. The quantitative estimate of drug-likeness (QED) is 0.288. The van der Waals surface area contributed by atoms with Crippen LogP contribution in [-0.2, 0) is 0 Å². The zero-order valence-corrected chi connectivity index (χ0v) is 17.1. The van der Waals surface area contributed by atoms with E-state index < -0.39 is 17.7 Å². The molecule has 0 aromatic heterocycles. The van der Waals surface area contributed by atoms with Gasteiger partial charge in [0.1, 0.15) is 23.5 Å². The third kappa shape index (κ3) is 4.38. The number of hydrogen-bond acceptors (Lipinski definition) is 5. The standard InChI is InChI=1S/C20H17Cl2N5O2/c1-20(2)18(28)17(13-7-11(9-23)3-6-16(13)29-20)27-19(25-10-24)26-12-4-5-14(21)15(22)8-12/h3-8,17-18,28H,1-2H3,(H2,25,26,27)/t17-,18+/m0/s1. The number of halogens is 2. The summed E-state index contributed by atoms with van der Waals surface area (Å²) in [6, 6.07) is 11.1. The number of hydrogen-bond donors (Lipinski definition) is 3. The summed E-state index contributed by atoms with van der Waals surface area (Å²) < 4.78 is 5.88. The maximum atomic E-state index is 10.9. The van der Waals surface area contributed by atoms with Crippen molar-refractivity contribution in [2.24, 2.45) is 4.99 Å². The number of rotatable bonds is 2. The molecule has 9 heteroatoms. The van der Waals surface area contributed by atoms with Crippen LogP contribution < -0.4 is 15.4 Å². The number of benzene rings is 2. The van der Waals surface area contributed by atoms with Crippen molar-refractivity contribution in [3.05, 3.63) is 57.6 Å². The van der Waals surface area contributed by atoms with Crippen molar-refractivity contribution in [2.45, 2.75) is 31.6 Å². The van der Waals surface area contributed by atoms with Crippen molar-refractivity contribution in [1.82, 2.24) is 5.32 Å². The van der Waals surface area contributed by atoms with Crippen LogP contribution in [0.5, 0.6) is 5.75 Å². The second kappa shape index (κ2) is 8.18. The molecular formula is C20H17Cl2N5O2. The van der Waals surface area contributed by atoms with Crippen molar-refractivity contribution >= 4 is 34.8 Å². The molecule has 1 aliphatic rings. The Kier molecular flexibility index (Phi) is 5.86. The molecule has 0 saturated heterocycles. The van der Waals surface area contributed by atoms with Crippen LogP contribution in [0.3, 0.4) is 0 Å². The Morgan fingerprint density at radius 2 is 1.93 bits per heavy atom. The minimum atomic E-state index is -1.03. The van der Waals surface area contributed by atoms with E-state index in [1.807, 2.05) is 6.19 Å². The van der Waals surface area contributed by atoms with Gasteiger partial charge in [-0.05, 0) is 50.2 Å². The number of fused-ring (bicyclic) bond motifs is 1. The van der Waals surface area contributed by atoms with E-state index in [0.717, 1.165) is 0 Å². The maximum absolute atomic E-state index is 10.9. The number of anilines is 1. The second-order valence-electron chi connectivity index (χ2n) is 6.93. The molecule has 3 N–H and O–H groups in total. The molecule has 0 aliphatic carbocycles. The van der Waals surface area contributed by atoms with Crippen LogP contribution in [0.4, 0.5) is 5.69 Å².